The Hall–Kier alpha value is -0.930. The highest BCUT2D eigenvalue weighted by Gasteiger charge is 2.04. The Bertz CT molecular complexity index is 327. The summed E-state index contributed by atoms with van der Waals surface area (Å²) < 4.78 is 5.60. The van der Waals surface area contributed by atoms with Crippen molar-refractivity contribution in [1.29, 1.82) is 0 Å². The predicted octanol–water partition coefficient (Wildman–Crippen LogP) is 2.64. The van der Waals surface area contributed by atoms with Gasteiger partial charge >= 0.3 is 0 Å². The first-order chi connectivity index (χ1) is 7.69. The molecule has 0 aromatic heterocycles. The van der Waals surface area contributed by atoms with E-state index in [1.54, 1.807) is 6.07 Å². The van der Waals surface area contributed by atoms with E-state index in [0.717, 1.165) is 19.6 Å². The van der Waals surface area contributed by atoms with Crippen molar-refractivity contribution in [3.8, 4) is 5.75 Å². The van der Waals surface area contributed by atoms with Gasteiger partial charge in [-0.2, -0.15) is 0 Å². The molecule has 1 aromatic rings. The maximum absolute atomic E-state index is 5.89. The van der Waals surface area contributed by atoms with Crippen LogP contribution >= 0.6 is 11.6 Å². The summed E-state index contributed by atoms with van der Waals surface area (Å²) in [6, 6.07) is 5.43. The van der Waals surface area contributed by atoms with Crippen LogP contribution in [0.25, 0.3) is 0 Å². The molecule has 90 valence electrons. The molecule has 2 N–H and O–H groups in total. The highest BCUT2D eigenvalue weighted by molar-refractivity contribution is 6.33. The third kappa shape index (κ3) is 3.58. The SMILES string of the molecule is CCN(CC)CCOc1cccc(Cl)c1N. The van der Waals surface area contributed by atoms with Crippen LogP contribution in [0.3, 0.4) is 0 Å². The van der Waals surface area contributed by atoms with Gasteiger partial charge in [-0.05, 0) is 25.2 Å². The van der Waals surface area contributed by atoms with Gasteiger partial charge < -0.3 is 15.4 Å². The maximum Gasteiger partial charge on any atom is 0.143 e. The summed E-state index contributed by atoms with van der Waals surface area (Å²) in [4.78, 5) is 2.29. The summed E-state index contributed by atoms with van der Waals surface area (Å²) in [5.74, 6) is 0.666. The summed E-state index contributed by atoms with van der Waals surface area (Å²) >= 11 is 5.89. The van der Waals surface area contributed by atoms with Gasteiger partial charge in [-0.3, -0.25) is 0 Å². The number of nitrogens with two attached hydrogens (primary N) is 1. The Balaban J connectivity index is 2.46. The Morgan fingerprint density at radius 2 is 2.00 bits per heavy atom. The van der Waals surface area contributed by atoms with E-state index in [1.807, 2.05) is 12.1 Å². The number of rotatable bonds is 6. The maximum atomic E-state index is 5.89. The minimum atomic E-state index is 0.517. The molecular weight excluding hydrogens is 224 g/mol. The average Bonchev–Trinajstić information content (AvgIpc) is 2.30. The van der Waals surface area contributed by atoms with Crippen molar-refractivity contribution in [2.75, 3.05) is 32.0 Å². The summed E-state index contributed by atoms with van der Waals surface area (Å²) in [7, 11) is 0. The van der Waals surface area contributed by atoms with Crippen molar-refractivity contribution in [1.82, 2.24) is 4.90 Å². The van der Waals surface area contributed by atoms with Crippen LogP contribution in [-0.4, -0.2) is 31.1 Å². The molecule has 0 saturated carbocycles. The Kier molecular flexibility index (Phi) is 5.43. The van der Waals surface area contributed by atoms with Crippen molar-refractivity contribution in [2.45, 2.75) is 13.8 Å². The molecule has 0 aliphatic carbocycles. The highest BCUT2D eigenvalue weighted by atomic mass is 35.5. The number of nitrogen functional groups attached to an aromatic ring is 1. The fraction of sp³-hybridized carbons (Fsp3) is 0.500. The Labute approximate surface area is 102 Å². The number of hydrogen-bond donors (Lipinski definition) is 1. The van der Waals surface area contributed by atoms with Crippen molar-refractivity contribution in [3.63, 3.8) is 0 Å². The number of benzene rings is 1. The van der Waals surface area contributed by atoms with Gasteiger partial charge in [0, 0.05) is 6.54 Å². The molecule has 0 fully saturated rings. The highest BCUT2D eigenvalue weighted by Crippen LogP contribution is 2.28. The molecule has 16 heavy (non-hydrogen) atoms. The molecular formula is C12H19ClN2O. The van der Waals surface area contributed by atoms with E-state index in [0.29, 0.717) is 23.1 Å². The molecule has 0 aliphatic rings. The molecule has 4 heteroatoms. The number of halogens is 1. The number of ether oxygens (including phenoxy) is 1. The van der Waals surface area contributed by atoms with Crippen LogP contribution in [0.1, 0.15) is 13.8 Å². The van der Waals surface area contributed by atoms with E-state index in [9.17, 15) is 0 Å². The standard InChI is InChI=1S/C12H19ClN2O/c1-3-15(4-2)8-9-16-11-7-5-6-10(13)12(11)14/h5-7H,3-4,8-9,14H2,1-2H3. The lowest BCUT2D eigenvalue weighted by molar-refractivity contribution is 0.223. The summed E-state index contributed by atoms with van der Waals surface area (Å²) in [5.41, 5.74) is 6.31. The van der Waals surface area contributed by atoms with Crippen LogP contribution in [0.5, 0.6) is 5.75 Å². The second kappa shape index (κ2) is 6.61. The third-order valence-electron chi connectivity index (χ3n) is 2.57. The van der Waals surface area contributed by atoms with Crippen LogP contribution in [0.2, 0.25) is 5.02 Å². The summed E-state index contributed by atoms with van der Waals surface area (Å²) in [6.45, 7) is 7.87. The van der Waals surface area contributed by atoms with Gasteiger partial charge in [0.2, 0.25) is 0 Å². The number of para-hydroxylation sites is 1. The smallest absolute Gasteiger partial charge is 0.143 e. The lowest BCUT2D eigenvalue weighted by Crippen LogP contribution is -2.28. The quantitative estimate of drug-likeness (QED) is 0.780. The third-order valence-corrected chi connectivity index (χ3v) is 2.90. The lowest BCUT2D eigenvalue weighted by atomic mass is 10.3. The van der Waals surface area contributed by atoms with Crippen LogP contribution in [0, 0.1) is 0 Å². The second-order valence-electron chi connectivity index (χ2n) is 3.53. The zero-order chi connectivity index (χ0) is 12.0. The first kappa shape index (κ1) is 13.1. The number of likely N-dealkylation sites (N-methyl/N-ethyl adjacent to an activating group) is 1. The van der Waals surface area contributed by atoms with Gasteiger partial charge in [0.15, 0.2) is 0 Å². The first-order valence-electron chi connectivity index (χ1n) is 5.58. The molecule has 0 radical (unpaired) electrons. The number of nitrogens with zero attached hydrogens (tertiary/aromatic N) is 1. The van der Waals surface area contributed by atoms with Crippen molar-refractivity contribution in [2.24, 2.45) is 0 Å². The van der Waals surface area contributed by atoms with Crippen molar-refractivity contribution < 1.29 is 4.74 Å². The van der Waals surface area contributed by atoms with Gasteiger partial charge in [0.1, 0.15) is 12.4 Å². The van der Waals surface area contributed by atoms with Crippen molar-refractivity contribution >= 4 is 17.3 Å². The van der Waals surface area contributed by atoms with E-state index < -0.39 is 0 Å². The number of hydrogen-bond acceptors (Lipinski definition) is 3. The molecule has 0 saturated heterocycles. The summed E-state index contributed by atoms with van der Waals surface area (Å²) in [5, 5.41) is 0.542. The lowest BCUT2D eigenvalue weighted by Gasteiger charge is -2.18. The van der Waals surface area contributed by atoms with Gasteiger partial charge in [-0.15, -0.1) is 0 Å². The molecule has 0 spiro atoms. The largest absolute Gasteiger partial charge is 0.490 e. The Morgan fingerprint density at radius 3 is 2.62 bits per heavy atom. The van der Waals surface area contributed by atoms with Crippen LogP contribution in [0.15, 0.2) is 18.2 Å². The van der Waals surface area contributed by atoms with Crippen molar-refractivity contribution in [3.05, 3.63) is 23.2 Å². The molecule has 1 aromatic carbocycles. The molecule has 1 rings (SSSR count). The fourth-order valence-corrected chi connectivity index (χ4v) is 1.63. The zero-order valence-corrected chi connectivity index (χ0v) is 10.6. The van der Waals surface area contributed by atoms with E-state index >= 15 is 0 Å². The van der Waals surface area contributed by atoms with Crippen LogP contribution < -0.4 is 10.5 Å². The minimum absolute atomic E-state index is 0.517. The van der Waals surface area contributed by atoms with E-state index in [-0.39, 0.29) is 0 Å². The molecule has 0 aliphatic heterocycles. The fourth-order valence-electron chi connectivity index (χ4n) is 1.47. The molecule has 0 amide bonds. The molecule has 0 bridgehead atoms. The minimum Gasteiger partial charge on any atom is -0.490 e. The zero-order valence-electron chi connectivity index (χ0n) is 9.87. The van der Waals surface area contributed by atoms with Crippen LogP contribution in [0.4, 0.5) is 5.69 Å². The van der Waals surface area contributed by atoms with Crippen LogP contribution in [-0.2, 0) is 0 Å². The van der Waals surface area contributed by atoms with Gasteiger partial charge in [0.25, 0.3) is 0 Å². The summed E-state index contributed by atoms with van der Waals surface area (Å²) in [6.07, 6.45) is 0. The second-order valence-corrected chi connectivity index (χ2v) is 3.93. The molecule has 0 unspecified atom stereocenters. The topological polar surface area (TPSA) is 38.5 Å². The van der Waals surface area contributed by atoms with Gasteiger partial charge in [0.05, 0.1) is 10.7 Å². The van der Waals surface area contributed by atoms with E-state index in [1.165, 1.54) is 0 Å². The van der Waals surface area contributed by atoms with E-state index in [2.05, 4.69) is 18.7 Å². The van der Waals surface area contributed by atoms with Gasteiger partial charge in [-0.25, -0.2) is 0 Å². The molecule has 0 atom stereocenters. The monoisotopic (exact) mass is 242 g/mol. The van der Waals surface area contributed by atoms with Gasteiger partial charge in [-0.1, -0.05) is 31.5 Å². The predicted molar refractivity (Wildman–Crippen MR) is 69.1 cm³/mol. The first-order valence-corrected chi connectivity index (χ1v) is 5.96. The normalized spacial score (nSPS) is 10.8. The number of anilines is 1. The average molecular weight is 243 g/mol. The Morgan fingerprint density at radius 1 is 1.31 bits per heavy atom. The molecule has 0 heterocycles. The molecule has 3 nitrogen and oxygen atoms in total. The van der Waals surface area contributed by atoms with E-state index in [4.69, 9.17) is 22.1 Å².